The minimum absolute atomic E-state index is 0.280. The summed E-state index contributed by atoms with van der Waals surface area (Å²) in [5.74, 6) is -3.26. The second-order valence-electron chi connectivity index (χ2n) is 7.19. The number of carbonyl (C=O) groups is 3. The molecule has 126 valence electrons. The molecular weight excluding hydrogens is 288 g/mol. The molecule has 1 fully saturated rings. The number of carbonyl (C=O) groups excluding carboxylic acids is 3. The molecule has 0 saturated carbocycles. The number of hydrogen-bond acceptors (Lipinski definition) is 6. The van der Waals surface area contributed by atoms with Gasteiger partial charge in [-0.15, -0.1) is 0 Å². The van der Waals surface area contributed by atoms with Crippen LogP contribution in [0.25, 0.3) is 0 Å². The van der Waals surface area contributed by atoms with Crippen LogP contribution in [0.15, 0.2) is 0 Å². The summed E-state index contributed by atoms with van der Waals surface area (Å²) in [6.07, 6.45) is 0.867. The van der Waals surface area contributed by atoms with Gasteiger partial charge < -0.3 is 14.2 Å². The Hall–Kier alpha value is -1.59. The van der Waals surface area contributed by atoms with E-state index in [4.69, 9.17) is 14.2 Å². The lowest BCUT2D eigenvalue weighted by molar-refractivity contribution is -0.224. The largest absolute Gasteiger partial charge is 0.447 e. The molecule has 1 heterocycles. The molecule has 0 amide bonds. The van der Waals surface area contributed by atoms with E-state index in [0.717, 1.165) is 0 Å². The van der Waals surface area contributed by atoms with Crippen LogP contribution in [-0.2, 0) is 28.6 Å². The molecule has 0 aromatic rings. The molecule has 0 aromatic carbocycles. The van der Waals surface area contributed by atoms with E-state index in [1.165, 1.54) is 20.8 Å². The van der Waals surface area contributed by atoms with E-state index in [1.54, 1.807) is 20.8 Å². The topological polar surface area (TPSA) is 78.9 Å². The summed E-state index contributed by atoms with van der Waals surface area (Å²) in [4.78, 5) is 35.9. The van der Waals surface area contributed by atoms with E-state index >= 15 is 0 Å². The van der Waals surface area contributed by atoms with E-state index in [1.807, 2.05) is 6.92 Å². The Morgan fingerprint density at radius 1 is 1.27 bits per heavy atom. The molecule has 1 saturated heterocycles. The number of hydrogen-bond donors (Lipinski definition) is 0. The lowest BCUT2D eigenvalue weighted by Gasteiger charge is -2.31. The summed E-state index contributed by atoms with van der Waals surface area (Å²) < 4.78 is 15.7. The van der Waals surface area contributed by atoms with Crippen molar-refractivity contribution >= 4 is 17.9 Å². The van der Waals surface area contributed by atoms with Crippen molar-refractivity contribution < 1.29 is 28.6 Å². The van der Waals surface area contributed by atoms with Crippen LogP contribution in [0.1, 0.15) is 61.3 Å². The van der Waals surface area contributed by atoms with Crippen LogP contribution in [0.4, 0.5) is 0 Å². The molecule has 0 aromatic heterocycles. The Bertz CT molecular complexity index is 479. The van der Waals surface area contributed by atoms with Crippen LogP contribution in [-0.4, -0.2) is 29.3 Å². The van der Waals surface area contributed by atoms with E-state index in [9.17, 15) is 14.4 Å². The molecule has 0 bridgehead atoms. The van der Waals surface area contributed by atoms with Gasteiger partial charge >= 0.3 is 17.9 Å². The average Bonchev–Trinajstić information content (AvgIpc) is 2.61. The Morgan fingerprint density at radius 3 is 2.23 bits per heavy atom. The highest BCUT2D eigenvalue weighted by molar-refractivity contribution is 5.85. The lowest BCUT2D eigenvalue weighted by Crippen LogP contribution is -2.46. The van der Waals surface area contributed by atoms with Crippen molar-refractivity contribution in [3.63, 3.8) is 0 Å². The zero-order valence-corrected chi connectivity index (χ0v) is 14.4. The predicted octanol–water partition coefficient (Wildman–Crippen LogP) is 2.59. The second-order valence-corrected chi connectivity index (χ2v) is 7.19. The van der Waals surface area contributed by atoms with Crippen molar-refractivity contribution in [3.05, 3.63) is 0 Å². The highest BCUT2D eigenvalue weighted by Crippen LogP contribution is 2.33. The van der Waals surface area contributed by atoms with Crippen LogP contribution >= 0.6 is 0 Å². The first-order valence-electron chi connectivity index (χ1n) is 7.53. The van der Waals surface area contributed by atoms with Gasteiger partial charge in [0.05, 0.1) is 11.3 Å². The second kappa shape index (κ2) is 5.89. The molecule has 1 rings (SSSR count). The molecule has 22 heavy (non-hydrogen) atoms. The van der Waals surface area contributed by atoms with Gasteiger partial charge in [0.15, 0.2) is 0 Å². The predicted molar refractivity (Wildman–Crippen MR) is 78.6 cm³/mol. The van der Waals surface area contributed by atoms with Crippen LogP contribution in [0.5, 0.6) is 0 Å². The number of ether oxygens (including phenoxy) is 3. The van der Waals surface area contributed by atoms with E-state index in [-0.39, 0.29) is 12.3 Å². The first kappa shape index (κ1) is 18.5. The van der Waals surface area contributed by atoms with Crippen molar-refractivity contribution in [3.8, 4) is 0 Å². The number of rotatable bonds is 5. The Balaban J connectivity index is 2.75. The lowest BCUT2D eigenvalue weighted by atomic mass is 9.90. The Kier molecular flexibility index (Phi) is 4.94. The Morgan fingerprint density at radius 2 is 1.82 bits per heavy atom. The summed E-state index contributed by atoms with van der Waals surface area (Å²) in [5.41, 5.74) is -2.14. The van der Waals surface area contributed by atoms with Gasteiger partial charge in [-0.2, -0.15) is 0 Å². The van der Waals surface area contributed by atoms with Crippen molar-refractivity contribution in [2.75, 3.05) is 0 Å². The minimum Gasteiger partial charge on any atom is -0.447 e. The van der Waals surface area contributed by atoms with Crippen molar-refractivity contribution in [2.45, 2.75) is 72.7 Å². The highest BCUT2D eigenvalue weighted by Gasteiger charge is 2.48. The van der Waals surface area contributed by atoms with Crippen LogP contribution < -0.4 is 0 Å². The molecule has 0 spiro atoms. The molecule has 1 aliphatic rings. The van der Waals surface area contributed by atoms with Gasteiger partial charge in [0.1, 0.15) is 0 Å². The van der Waals surface area contributed by atoms with Crippen LogP contribution in [0, 0.1) is 11.3 Å². The van der Waals surface area contributed by atoms with Gasteiger partial charge in [-0.1, -0.05) is 13.8 Å². The fourth-order valence-corrected chi connectivity index (χ4v) is 1.93. The molecule has 0 aliphatic carbocycles. The van der Waals surface area contributed by atoms with Gasteiger partial charge in [0, 0.05) is 13.3 Å². The van der Waals surface area contributed by atoms with Gasteiger partial charge in [-0.25, -0.2) is 4.79 Å². The maximum atomic E-state index is 12.3. The van der Waals surface area contributed by atoms with Gasteiger partial charge in [-0.3, -0.25) is 9.59 Å². The normalized spacial score (nSPS) is 25.6. The van der Waals surface area contributed by atoms with E-state index in [2.05, 4.69) is 0 Å². The fourth-order valence-electron chi connectivity index (χ4n) is 1.93. The zero-order valence-electron chi connectivity index (χ0n) is 14.4. The summed E-state index contributed by atoms with van der Waals surface area (Å²) in [5, 5.41) is 0. The molecule has 0 radical (unpaired) electrons. The Labute approximate surface area is 131 Å². The maximum absolute atomic E-state index is 12.3. The van der Waals surface area contributed by atoms with Crippen molar-refractivity contribution in [1.29, 1.82) is 0 Å². The third kappa shape index (κ3) is 3.99. The minimum atomic E-state index is -1.45. The first-order valence-corrected chi connectivity index (χ1v) is 7.53. The van der Waals surface area contributed by atoms with Gasteiger partial charge in [-0.05, 0) is 34.1 Å². The molecule has 2 atom stereocenters. The monoisotopic (exact) mass is 314 g/mol. The molecule has 1 aliphatic heterocycles. The van der Waals surface area contributed by atoms with Crippen molar-refractivity contribution in [1.82, 2.24) is 0 Å². The van der Waals surface area contributed by atoms with E-state index < -0.39 is 34.7 Å². The number of esters is 3. The molecule has 0 N–H and O–H groups in total. The van der Waals surface area contributed by atoms with Gasteiger partial charge in [0.25, 0.3) is 5.79 Å². The van der Waals surface area contributed by atoms with Gasteiger partial charge in [0.2, 0.25) is 5.60 Å². The van der Waals surface area contributed by atoms with Crippen LogP contribution in [0.3, 0.4) is 0 Å². The summed E-state index contributed by atoms with van der Waals surface area (Å²) in [7, 11) is 0. The fraction of sp³-hybridized carbons (Fsp3) is 0.812. The van der Waals surface area contributed by atoms with Crippen LogP contribution in [0.2, 0.25) is 0 Å². The summed E-state index contributed by atoms with van der Waals surface area (Å²) >= 11 is 0. The third-order valence-electron chi connectivity index (χ3n) is 3.98. The zero-order chi connectivity index (χ0) is 17.3. The quantitative estimate of drug-likeness (QED) is 0.726. The number of cyclic esters (lactones) is 1. The van der Waals surface area contributed by atoms with E-state index in [0.29, 0.717) is 6.42 Å². The summed E-state index contributed by atoms with van der Waals surface area (Å²) in [6, 6.07) is 0. The summed E-state index contributed by atoms with van der Waals surface area (Å²) in [6.45, 7) is 11.5. The first-order chi connectivity index (χ1) is 9.83. The smallest absolute Gasteiger partial charge is 0.353 e. The molecule has 6 nitrogen and oxygen atoms in total. The average molecular weight is 314 g/mol. The van der Waals surface area contributed by atoms with Crippen molar-refractivity contribution in [2.24, 2.45) is 11.3 Å². The molecular formula is C16H26O6. The maximum Gasteiger partial charge on any atom is 0.353 e. The highest BCUT2D eigenvalue weighted by atomic mass is 16.7. The molecule has 6 heteroatoms. The third-order valence-corrected chi connectivity index (χ3v) is 3.98. The SMILES string of the molecule is CCC(C)(C)C(=O)OC(C)(C)C(=O)OC1(C)CC(C)C(=O)O1. The molecule has 2 unspecified atom stereocenters. The standard InChI is InChI=1S/C16H26O6/c1-8-14(3,4)12(18)21-15(5,6)13(19)22-16(7)9-10(2)11(17)20-16/h10H,8-9H2,1-7H3.